The van der Waals surface area contributed by atoms with E-state index in [-0.39, 0.29) is 11.9 Å². The third-order valence-electron chi connectivity index (χ3n) is 3.60. The molecule has 1 saturated heterocycles. The molecule has 0 atom stereocenters. The molecule has 5 nitrogen and oxygen atoms in total. The van der Waals surface area contributed by atoms with Gasteiger partial charge in [0.15, 0.2) is 9.84 Å². The average Bonchev–Trinajstić information content (AvgIpc) is 2.40. The summed E-state index contributed by atoms with van der Waals surface area (Å²) in [5.74, 6) is 0. The van der Waals surface area contributed by atoms with E-state index in [0.29, 0.717) is 30.0 Å². The van der Waals surface area contributed by atoms with Crippen LogP contribution < -0.4 is 5.73 Å². The Kier molecular flexibility index (Phi) is 4.44. The van der Waals surface area contributed by atoms with Crippen molar-refractivity contribution in [2.24, 2.45) is 0 Å². The van der Waals surface area contributed by atoms with E-state index in [1.807, 2.05) is 0 Å². The van der Waals surface area contributed by atoms with Gasteiger partial charge in [0.1, 0.15) is 0 Å². The van der Waals surface area contributed by atoms with Crippen LogP contribution in [0.5, 0.6) is 0 Å². The Balaban J connectivity index is 2.07. The number of benzene rings is 1. The van der Waals surface area contributed by atoms with Crippen molar-refractivity contribution < 1.29 is 13.5 Å². The summed E-state index contributed by atoms with van der Waals surface area (Å²) >= 11 is 0. The van der Waals surface area contributed by atoms with Gasteiger partial charge in [0, 0.05) is 12.2 Å². The zero-order valence-corrected chi connectivity index (χ0v) is 11.6. The molecular formula is C13H20N2O3S. The van der Waals surface area contributed by atoms with E-state index < -0.39 is 9.84 Å². The Morgan fingerprint density at radius 3 is 2.32 bits per heavy atom. The highest BCUT2D eigenvalue weighted by atomic mass is 32.2. The molecule has 0 unspecified atom stereocenters. The first-order chi connectivity index (χ1) is 9.04. The van der Waals surface area contributed by atoms with Gasteiger partial charge in [0.25, 0.3) is 0 Å². The highest BCUT2D eigenvalue weighted by Gasteiger charge is 2.30. The van der Waals surface area contributed by atoms with Gasteiger partial charge in [-0.15, -0.1) is 0 Å². The summed E-state index contributed by atoms with van der Waals surface area (Å²) in [6.45, 7) is 2.18. The van der Waals surface area contributed by atoms with Crippen molar-refractivity contribution in [3.05, 3.63) is 24.3 Å². The number of piperidine rings is 1. The summed E-state index contributed by atoms with van der Waals surface area (Å²) < 4.78 is 24.9. The first kappa shape index (κ1) is 14.3. The Hall–Kier alpha value is -1.11. The molecule has 0 radical (unpaired) electrons. The molecule has 19 heavy (non-hydrogen) atoms. The lowest BCUT2D eigenvalue weighted by Crippen LogP contribution is -2.40. The molecule has 1 aliphatic heterocycles. The van der Waals surface area contributed by atoms with Crippen LogP contribution in [0.25, 0.3) is 0 Å². The number of aliphatic hydroxyl groups excluding tert-OH is 1. The normalized spacial score (nSPS) is 18.6. The molecule has 0 aromatic heterocycles. The minimum Gasteiger partial charge on any atom is -0.399 e. The summed E-state index contributed by atoms with van der Waals surface area (Å²) in [5, 5.41) is 8.55. The topological polar surface area (TPSA) is 83.6 Å². The number of sulfone groups is 1. The van der Waals surface area contributed by atoms with Crippen molar-refractivity contribution in [3.8, 4) is 0 Å². The van der Waals surface area contributed by atoms with Crippen LogP contribution in [-0.4, -0.2) is 49.9 Å². The van der Waals surface area contributed by atoms with Crippen LogP contribution in [0, 0.1) is 0 Å². The van der Waals surface area contributed by atoms with Crippen molar-refractivity contribution in [1.29, 1.82) is 0 Å². The van der Waals surface area contributed by atoms with E-state index in [1.165, 1.54) is 0 Å². The first-order valence-corrected chi connectivity index (χ1v) is 8.01. The van der Waals surface area contributed by atoms with Gasteiger partial charge in [-0.25, -0.2) is 8.42 Å². The first-order valence-electron chi connectivity index (χ1n) is 6.46. The van der Waals surface area contributed by atoms with Crippen LogP contribution in [0.2, 0.25) is 0 Å². The standard InChI is InChI=1S/C13H20N2O3S/c14-11-1-3-12(4-2-11)19(17,18)13-5-7-15(8-6-13)9-10-16/h1-4,13,16H,5-10,14H2. The maximum atomic E-state index is 12.5. The Morgan fingerprint density at radius 1 is 1.21 bits per heavy atom. The van der Waals surface area contributed by atoms with E-state index in [2.05, 4.69) is 4.90 Å². The number of hydrogen-bond acceptors (Lipinski definition) is 5. The average molecular weight is 284 g/mol. The second-order valence-electron chi connectivity index (χ2n) is 4.88. The smallest absolute Gasteiger partial charge is 0.181 e. The molecule has 0 amide bonds. The summed E-state index contributed by atoms with van der Waals surface area (Å²) in [4.78, 5) is 2.44. The minimum atomic E-state index is -3.26. The highest BCUT2D eigenvalue weighted by molar-refractivity contribution is 7.92. The predicted molar refractivity (Wildman–Crippen MR) is 74.6 cm³/mol. The second kappa shape index (κ2) is 5.90. The zero-order valence-electron chi connectivity index (χ0n) is 10.8. The molecule has 0 spiro atoms. The maximum absolute atomic E-state index is 12.5. The van der Waals surface area contributed by atoms with Crippen molar-refractivity contribution >= 4 is 15.5 Å². The summed E-state index contributed by atoms with van der Waals surface area (Å²) in [5.41, 5.74) is 6.14. The van der Waals surface area contributed by atoms with Crippen LogP contribution in [0.1, 0.15) is 12.8 Å². The summed E-state index contributed by atoms with van der Waals surface area (Å²) in [6.07, 6.45) is 1.24. The molecule has 6 heteroatoms. The van der Waals surface area contributed by atoms with Crippen molar-refractivity contribution in [3.63, 3.8) is 0 Å². The number of hydrogen-bond donors (Lipinski definition) is 2. The number of nitrogen functional groups attached to an aromatic ring is 1. The zero-order chi connectivity index (χ0) is 13.9. The lowest BCUT2D eigenvalue weighted by Gasteiger charge is -2.31. The number of likely N-dealkylation sites (tertiary alicyclic amines) is 1. The third kappa shape index (κ3) is 3.26. The Bertz CT molecular complexity index is 505. The Morgan fingerprint density at radius 2 is 1.79 bits per heavy atom. The second-order valence-corrected chi connectivity index (χ2v) is 7.11. The quantitative estimate of drug-likeness (QED) is 0.787. The molecule has 1 aliphatic rings. The van der Waals surface area contributed by atoms with E-state index in [4.69, 9.17) is 10.8 Å². The van der Waals surface area contributed by atoms with Gasteiger partial charge < -0.3 is 15.7 Å². The molecule has 1 aromatic carbocycles. The molecular weight excluding hydrogens is 264 g/mol. The largest absolute Gasteiger partial charge is 0.399 e. The number of rotatable bonds is 4. The lowest BCUT2D eigenvalue weighted by molar-refractivity contribution is 0.174. The molecule has 106 valence electrons. The lowest BCUT2D eigenvalue weighted by atomic mass is 10.1. The van der Waals surface area contributed by atoms with Gasteiger partial charge in [-0.2, -0.15) is 0 Å². The van der Waals surface area contributed by atoms with Crippen LogP contribution in [0.4, 0.5) is 5.69 Å². The van der Waals surface area contributed by atoms with Gasteiger partial charge in [-0.1, -0.05) is 0 Å². The number of β-amino-alcohol motifs (C(OH)–C–C–N with tert-alkyl or cyclic N) is 1. The van der Waals surface area contributed by atoms with Crippen molar-refractivity contribution in [2.75, 3.05) is 32.0 Å². The van der Waals surface area contributed by atoms with Crippen LogP contribution >= 0.6 is 0 Å². The van der Waals surface area contributed by atoms with Crippen molar-refractivity contribution in [2.45, 2.75) is 23.0 Å². The number of anilines is 1. The van der Waals surface area contributed by atoms with E-state index >= 15 is 0 Å². The molecule has 2 rings (SSSR count). The van der Waals surface area contributed by atoms with Gasteiger partial charge in [0.05, 0.1) is 16.8 Å². The SMILES string of the molecule is Nc1ccc(S(=O)(=O)C2CCN(CCO)CC2)cc1. The molecule has 0 saturated carbocycles. The molecule has 0 bridgehead atoms. The van der Waals surface area contributed by atoms with Crippen molar-refractivity contribution in [1.82, 2.24) is 4.90 Å². The van der Waals surface area contributed by atoms with Crippen LogP contribution in [0.3, 0.4) is 0 Å². The predicted octanol–water partition coefficient (Wildman–Crippen LogP) is 0.499. The minimum absolute atomic E-state index is 0.120. The van der Waals surface area contributed by atoms with Crippen LogP contribution in [0.15, 0.2) is 29.2 Å². The third-order valence-corrected chi connectivity index (χ3v) is 5.88. The monoisotopic (exact) mass is 284 g/mol. The molecule has 0 aliphatic carbocycles. The summed E-state index contributed by atoms with van der Waals surface area (Å²) in [7, 11) is -3.26. The van der Waals surface area contributed by atoms with Gasteiger partial charge in [-0.05, 0) is 50.2 Å². The van der Waals surface area contributed by atoms with E-state index in [9.17, 15) is 8.42 Å². The molecule has 3 N–H and O–H groups in total. The summed E-state index contributed by atoms with van der Waals surface area (Å²) in [6, 6.07) is 6.39. The van der Waals surface area contributed by atoms with Gasteiger partial charge in [0.2, 0.25) is 0 Å². The fourth-order valence-electron chi connectivity index (χ4n) is 2.43. The maximum Gasteiger partial charge on any atom is 0.181 e. The fraction of sp³-hybridized carbons (Fsp3) is 0.538. The van der Waals surface area contributed by atoms with Gasteiger partial charge >= 0.3 is 0 Å². The molecule has 1 aromatic rings. The molecule has 1 fully saturated rings. The van der Waals surface area contributed by atoms with Gasteiger partial charge in [-0.3, -0.25) is 0 Å². The fourth-order valence-corrected chi connectivity index (χ4v) is 4.17. The number of aliphatic hydroxyl groups is 1. The highest BCUT2D eigenvalue weighted by Crippen LogP contribution is 2.25. The Labute approximate surface area is 113 Å². The van der Waals surface area contributed by atoms with E-state index in [0.717, 1.165) is 13.1 Å². The number of nitrogens with two attached hydrogens (primary N) is 1. The van der Waals surface area contributed by atoms with E-state index in [1.54, 1.807) is 24.3 Å². The van der Waals surface area contributed by atoms with Crippen LogP contribution in [-0.2, 0) is 9.84 Å². The molecule has 1 heterocycles. The number of nitrogens with zero attached hydrogens (tertiary/aromatic N) is 1.